The van der Waals surface area contributed by atoms with E-state index in [0.29, 0.717) is 0 Å². The van der Waals surface area contributed by atoms with E-state index >= 15 is 0 Å². The van der Waals surface area contributed by atoms with E-state index in [9.17, 15) is 9.59 Å². The maximum absolute atomic E-state index is 10.2. The van der Waals surface area contributed by atoms with Gasteiger partial charge >= 0.3 is 20.4 Å². The molecule has 0 fully saturated rings. The van der Waals surface area contributed by atoms with Crippen molar-refractivity contribution < 1.29 is 45.2 Å². The molecule has 96 valence electrons. The van der Waals surface area contributed by atoms with Gasteiger partial charge in [0.15, 0.2) is 10.9 Å². The van der Waals surface area contributed by atoms with Crippen LogP contribution >= 0.6 is 0 Å². The second-order valence-corrected chi connectivity index (χ2v) is 2.47. The third-order valence-electron chi connectivity index (χ3n) is 1.38. The van der Waals surface area contributed by atoms with Gasteiger partial charge in [-0.05, 0) is 0 Å². The molecule has 0 saturated heterocycles. The molecule has 2 rings (SSSR count). The van der Waals surface area contributed by atoms with Crippen LogP contribution in [0.25, 0.3) is 0 Å². The Morgan fingerprint density at radius 3 is 1.00 bits per heavy atom. The van der Waals surface area contributed by atoms with Gasteiger partial charge in [-0.25, -0.2) is 0 Å². The first-order valence-electron chi connectivity index (χ1n) is 4.05. The maximum Gasteiger partial charge on any atom is 2.00 e. The fraction of sp³-hybridized carbons (Fsp3) is 0. The first-order valence-corrected chi connectivity index (χ1v) is 4.05. The second-order valence-electron chi connectivity index (χ2n) is 2.47. The Hall–Kier alpha value is -0.858. The zero-order valence-corrected chi connectivity index (χ0v) is 11.6. The van der Waals surface area contributed by atoms with Crippen molar-refractivity contribution >= 4 is 0 Å². The van der Waals surface area contributed by atoms with E-state index in [2.05, 4.69) is 9.97 Å². The zero-order chi connectivity index (χ0) is 10.2. The molecule has 0 spiro atoms. The number of pyridine rings is 2. The summed E-state index contributed by atoms with van der Waals surface area (Å²) < 4.78 is 0. The molecule has 0 unspecified atom stereocenters. The van der Waals surface area contributed by atoms with Crippen LogP contribution in [-0.4, -0.2) is 9.97 Å². The number of nitrogens with one attached hydrogen (secondary N) is 2. The van der Waals surface area contributed by atoms with E-state index < -0.39 is 0 Å². The molecule has 0 radical (unpaired) electrons. The Bertz CT molecular complexity index is 407. The van der Waals surface area contributed by atoms with E-state index in [1.807, 2.05) is 0 Å². The Morgan fingerprint density at radius 1 is 0.647 bits per heavy atom. The van der Waals surface area contributed by atoms with Crippen molar-refractivity contribution in [3.63, 3.8) is 0 Å². The number of hydrogen-bond acceptors (Lipinski definition) is 2. The molecule has 2 aromatic heterocycles. The number of halogens is 2. The summed E-state index contributed by atoms with van der Waals surface area (Å²) in [6.45, 7) is 0. The van der Waals surface area contributed by atoms with Crippen molar-refractivity contribution in [3.8, 4) is 0 Å². The third-order valence-corrected chi connectivity index (χ3v) is 1.38. The SMILES string of the molecule is O=c1cc[nH]cc1.O=c1cc[nH]cc1.[Cl-].[Cl-].[Pd+2]. The molecule has 7 heteroatoms. The number of hydrogen-bond donors (Lipinski definition) is 2. The van der Waals surface area contributed by atoms with Crippen molar-refractivity contribution in [2.24, 2.45) is 0 Å². The van der Waals surface area contributed by atoms with Crippen LogP contribution in [0.5, 0.6) is 0 Å². The Labute approximate surface area is 124 Å². The van der Waals surface area contributed by atoms with Crippen LogP contribution in [0.15, 0.2) is 58.6 Å². The van der Waals surface area contributed by atoms with Crippen LogP contribution in [0, 0.1) is 0 Å². The number of rotatable bonds is 0. The van der Waals surface area contributed by atoms with Gasteiger partial charge in [0.05, 0.1) is 0 Å². The molecule has 2 heterocycles. The molecule has 0 saturated carbocycles. The first-order chi connectivity index (χ1) is 6.79. The topological polar surface area (TPSA) is 65.7 Å². The predicted octanol–water partition coefficient (Wildman–Crippen LogP) is -5.24. The molecule has 0 aliphatic carbocycles. The van der Waals surface area contributed by atoms with Gasteiger partial charge in [-0.3, -0.25) is 9.59 Å². The van der Waals surface area contributed by atoms with E-state index in [0.717, 1.165) is 0 Å². The largest absolute Gasteiger partial charge is 2.00 e. The maximum atomic E-state index is 10.2. The van der Waals surface area contributed by atoms with Crippen LogP contribution in [-0.2, 0) is 20.4 Å². The molecule has 0 bridgehead atoms. The Kier molecular flexibility index (Phi) is 16.6. The van der Waals surface area contributed by atoms with E-state index in [1.165, 1.54) is 24.3 Å². The van der Waals surface area contributed by atoms with E-state index in [1.54, 1.807) is 24.8 Å². The third kappa shape index (κ3) is 11.4. The molecular formula is C10H10Cl2N2O2Pd. The van der Waals surface area contributed by atoms with Crippen LogP contribution in [0.3, 0.4) is 0 Å². The van der Waals surface area contributed by atoms with Crippen LogP contribution in [0.4, 0.5) is 0 Å². The normalized spacial score (nSPS) is 7.06. The average molecular weight is 368 g/mol. The molecule has 0 aromatic carbocycles. The van der Waals surface area contributed by atoms with Gasteiger partial charge in [-0.15, -0.1) is 0 Å². The van der Waals surface area contributed by atoms with Crippen molar-refractivity contribution in [1.29, 1.82) is 0 Å². The monoisotopic (exact) mass is 366 g/mol. The van der Waals surface area contributed by atoms with Crippen LogP contribution in [0.1, 0.15) is 0 Å². The number of H-pyrrole nitrogens is 2. The zero-order valence-electron chi connectivity index (χ0n) is 8.51. The minimum Gasteiger partial charge on any atom is -1.00 e. The van der Waals surface area contributed by atoms with Gasteiger partial charge in [0.2, 0.25) is 0 Å². The van der Waals surface area contributed by atoms with Gasteiger partial charge in [-0.2, -0.15) is 0 Å². The van der Waals surface area contributed by atoms with Crippen LogP contribution < -0.4 is 35.7 Å². The summed E-state index contributed by atoms with van der Waals surface area (Å²) in [6.07, 6.45) is 6.40. The summed E-state index contributed by atoms with van der Waals surface area (Å²) in [7, 11) is 0. The average Bonchev–Trinajstić information content (AvgIpc) is 2.21. The van der Waals surface area contributed by atoms with Crippen molar-refractivity contribution in [3.05, 3.63) is 69.5 Å². The van der Waals surface area contributed by atoms with E-state index in [-0.39, 0.29) is 56.1 Å². The molecule has 0 aliphatic heterocycles. The summed E-state index contributed by atoms with van der Waals surface area (Å²) >= 11 is 0. The quantitative estimate of drug-likeness (QED) is 0.457. The molecule has 4 nitrogen and oxygen atoms in total. The Morgan fingerprint density at radius 2 is 0.882 bits per heavy atom. The number of aromatic nitrogens is 2. The fourth-order valence-electron chi connectivity index (χ4n) is 0.743. The first kappa shape index (κ1) is 21.4. The smallest absolute Gasteiger partial charge is 1.00 e. The molecular weight excluding hydrogens is 357 g/mol. The van der Waals surface area contributed by atoms with Crippen LogP contribution in [0.2, 0.25) is 0 Å². The Balaban J connectivity index is -0.000000196. The van der Waals surface area contributed by atoms with Crippen molar-refractivity contribution in [2.75, 3.05) is 0 Å². The minimum absolute atomic E-state index is 0. The van der Waals surface area contributed by atoms with Gasteiger partial charge in [0, 0.05) is 49.1 Å². The van der Waals surface area contributed by atoms with Gasteiger partial charge in [0.1, 0.15) is 0 Å². The second kappa shape index (κ2) is 13.2. The standard InChI is InChI=1S/2C5H5NO.2ClH.Pd/c2*7-5-1-3-6-4-2-5;;;/h2*1-4H,(H,6,7);2*1H;/q;;;;+2/p-2. The summed E-state index contributed by atoms with van der Waals surface area (Å²) in [5.74, 6) is 0. The summed E-state index contributed by atoms with van der Waals surface area (Å²) in [6, 6.07) is 5.89. The molecule has 17 heavy (non-hydrogen) atoms. The minimum atomic E-state index is 0. The van der Waals surface area contributed by atoms with E-state index in [4.69, 9.17) is 0 Å². The summed E-state index contributed by atoms with van der Waals surface area (Å²) in [5.41, 5.74) is 0.0810. The predicted molar refractivity (Wildman–Crippen MR) is 54.1 cm³/mol. The van der Waals surface area contributed by atoms with Gasteiger partial charge < -0.3 is 34.8 Å². The molecule has 0 atom stereocenters. The van der Waals surface area contributed by atoms with Gasteiger partial charge in [0.25, 0.3) is 0 Å². The summed E-state index contributed by atoms with van der Waals surface area (Å²) in [4.78, 5) is 26.0. The van der Waals surface area contributed by atoms with Gasteiger partial charge in [-0.1, -0.05) is 0 Å². The van der Waals surface area contributed by atoms with Crippen molar-refractivity contribution in [1.82, 2.24) is 9.97 Å². The number of aromatic amines is 2. The molecule has 2 aromatic rings. The summed E-state index contributed by atoms with van der Waals surface area (Å²) in [5, 5.41) is 0. The molecule has 2 N–H and O–H groups in total. The fourth-order valence-corrected chi connectivity index (χ4v) is 0.743. The van der Waals surface area contributed by atoms with Crippen molar-refractivity contribution in [2.45, 2.75) is 0 Å². The molecule has 0 amide bonds. The molecule has 0 aliphatic rings.